The Morgan fingerprint density at radius 2 is 1.95 bits per heavy atom. The van der Waals surface area contributed by atoms with E-state index >= 15 is 0 Å². The Hall–Kier alpha value is -1.76. The molecule has 4 nitrogen and oxygen atoms in total. The van der Waals surface area contributed by atoms with Gasteiger partial charge in [-0.05, 0) is 37.5 Å². The number of hydrogen-bond donors (Lipinski definition) is 3. The first-order valence-electron chi connectivity index (χ1n) is 6.65. The van der Waals surface area contributed by atoms with Crippen LogP contribution in [0.4, 0.5) is 18.9 Å². The SMILES string of the molecule is CN(CCCCCO)c1ccc(C(F)(F)F)cc1C(=N)N. The molecule has 0 heterocycles. The van der Waals surface area contributed by atoms with Crippen molar-refractivity contribution in [2.45, 2.75) is 25.4 Å². The minimum absolute atomic E-state index is 0.0782. The number of aliphatic hydroxyl groups is 1. The van der Waals surface area contributed by atoms with Crippen molar-refractivity contribution in [1.29, 1.82) is 5.41 Å². The number of nitrogens with zero attached hydrogens (tertiary/aromatic N) is 1. The summed E-state index contributed by atoms with van der Waals surface area (Å²) in [6.45, 7) is 0.744. The van der Waals surface area contributed by atoms with E-state index in [1.165, 1.54) is 6.07 Å². The minimum Gasteiger partial charge on any atom is -0.396 e. The first-order valence-corrected chi connectivity index (χ1v) is 6.65. The zero-order valence-corrected chi connectivity index (χ0v) is 11.9. The van der Waals surface area contributed by atoms with Crippen LogP contribution < -0.4 is 10.6 Å². The van der Waals surface area contributed by atoms with E-state index in [0.717, 1.165) is 25.0 Å². The van der Waals surface area contributed by atoms with E-state index in [1.807, 2.05) is 0 Å². The first-order chi connectivity index (χ1) is 9.77. The van der Waals surface area contributed by atoms with E-state index in [1.54, 1.807) is 11.9 Å². The molecule has 0 aromatic heterocycles. The Morgan fingerprint density at radius 3 is 2.48 bits per heavy atom. The van der Waals surface area contributed by atoms with Gasteiger partial charge < -0.3 is 15.7 Å². The standard InChI is InChI=1S/C14H20F3N3O/c1-20(7-3-2-4-8-21)12-6-5-10(14(15,16)17)9-11(12)13(18)19/h5-6,9,21H,2-4,7-8H2,1H3,(H3,18,19). The summed E-state index contributed by atoms with van der Waals surface area (Å²) in [7, 11) is 1.74. The molecule has 7 heteroatoms. The zero-order chi connectivity index (χ0) is 16.0. The third kappa shape index (κ3) is 4.93. The smallest absolute Gasteiger partial charge is 0.396 e. The fourth-order valence-corrected chi connectivity index (χ4v) is 2.02. The molecule has 0 amide bonds. The topological polar surface area (TPSA) is 73.3 Å². The van der Waals surface area contributed by atoms with Gasteiger partial charge in [0, 0.05) is 31.5 Å². The van der Waals surface area contributed by atoms with Crippen LogP contribution in [0.2, 0.25) is 0 Å². The van der Waals surface area contributed by atoms with Crippen molar-refractivity contribution in [3.63, 3.8) is 0 Å². The van der Waals surface area contributed by atoms with Gasteiger partial charge in [0.1, 0.15) is 5.84 Å². The van der Waals surface area contributed by atoms with Gasteiger partial charge in [0.15, 0.2) is 0 Å². The second kappa shape index (κ2) is 7.31. The Labute approximate surface area is 121 Å². The van der Waals surface area contributed by atoms with Gasteiger partial charge in [-0.3, -0.25) is 5.41 Å². The Balaban J connectivity index is 2.93. The molecule has 0 aliphatic heterocycles. The van der Waals surface area contributed by atoms with Gasteiger partial charge in [-0.15, -0.1) is 0 Å². The summed E-state index contributed by atoms with van der Waals surface area (Å²) >= 11 is 0. The van der Waals surface area contributed by atoms with E-state index in [0.29, 0.717) is 18.7 Å². The van der Waals surface area contributed by atoms with Crippen LogP contribution in [0.25, 0.3) is 0 Å². The van der Waals surface area contributed by atoms with Gasteiger partial charge in [0.25, 0.3) is 0 Å². The van der Waals surface area contributed by atoms with E-state index in [9.17, 15) is 13.2 Å². The lowest BCUT2D eigenvalue weighted by Gasteiger charge is -2.23. The summed E-state index contributed by atoms with van der Waals surface area (Å²) in [6, 6.07) is 3.24. The summed E-state index contributed by atoms with van der Waals surface area (Å²) in [6.07, 6.45) is -2.13. The third-order valence-corrected chi connectivity index (χ3v) is 3.18. The number of anilines is 1. The number of nitrogens with two attached hydrogens (primary N) is 1. The maximum absolute atomic E-state index is 12.7. The zero-order valence-electron chi connectivity index (χ0n) is 11.9. The van der Waals surface area contributed by atoms with E-state index in [-0.39, 0.29) is 12.2 Å². The fraction of sp³-hybridized carbons (Fsp3) is 0.500. The van der Waals surface area contributed by atoms with Crippen LogP contribution in [0.3, 0.4) is 0 Å². The molecule has 0 spiro atoms. The highest BCUT2D eigenvalue weighted by atomic mass is 19.4. The Bertz CT molecular complexity index is 489. The molecule has 0 atom stereocenters. The number of hydrogen-bond acceptors (Lipinski definition) is 3. The number of halogens is 3. The normalized spacial score (nSPS) is 11.5. The molecule has 1 aromatic rings. The van der Waals surface area contributed by atoms with E-state index < -0.39 is 17.6 Å². The molecule has 0 radical (unpaired) electrons. The highest BCUT2D eigenvalue weighted by Gasteiger charge is 2.31. The Morgan fingerprint density at radius 1 is 1.29 bits per heavy atom. The van der Waals surface area contributed by atoms with Gasteiger partial charge >= 0.3 is 6.18 Å². The largest absolute Gasteiger partial charge is 0.416 e. The summed E-state index contributed by atoms with van der Waals surface area (Å²) in [5, 5.41) is 16.2. The molecule has 1 rings (SSSR count). The second-order valence-electron chi connectivity index (χ2n) is 4.85. The Kier molecular flexibility index (Phi) is 6.02. The predicted molar refractivity (Wildman–Crippen MR) is 76.7 cm³/mol. The van der Waals surface area contributed by atoms with Crippen LogP contribution in [-0.2, 0) is 6.18 Å². The number of aliphatic hydroxyl groups excluding tert-OH is 1. The van der Waals surface area contributed by atoms with Crippen LogP contribution in [0.15, 0.2) is 18.2 Å². The summed E-state index contributed by atoms with van der Waals surface area (Å²) in [5.41, 5.74) is 5.16. The molecule has 0 fully saturated rings. The lowest BCUT2D eigenvalue weighted by Crippen LogP contribution is -2.24. The van der Waals surface area contributed by atoms with E-state index in [4.69, 9.17) is 16.2 Å². The number of benzene rings is 1. The lowest BCUT2D eigenvalue weighted by atomic mass is 10.1. The van der Waals surface area contributed by atoms with Crippen LogP contribution in [0, 0.1) is 5.41 Å². The molecule has 0 saturated carbocycles. The number of alkyl halides is 3. The average molecular weight is 303 g/mol. The first kappa shape index (κ1) is 17.3. The fourth-order valence-electron chi connectivity index (χ4n) is 2.02. The summed E-state index contributed by atoms with van der Waals surface area (Å²) in [4.78, 5) is 1.77. The van der Waals surface area contributed by atoms with Crippen LogP contribution >= 0.6 is 0 Å². The highest BCUT2D eigenvalue weighted by molar-refractivity contribution is 6.00. The molecule has 0 bridgehead atoms. The molecule has 0 aliphatic carbocycles. The van der Waals surface area contributed by atoms with Crippen molar-refractivity contribution in [2.75, 3.05) is 25.1 Å². The number of rotatable bonds is 7. The van der Waals surface area contributed by atoms with Crippen molar-refractivity contribution in [3.8, 4) is 0 Å². The maximum Gasteiger partial charge on any atom is 0.416 e. The van der Waals surface area contributed by atoms with Gasteiger partial charge in [0.2, 0.25) is 0 Å². The van der Waals surface area contributed by atoms with E-state index in [2.05, 4.69) is 0 Å². The van der Waals surface area contributed by atoms with Gasteiger partial charge in [-0.25, -0.2) is 0 Å². The molecule has 0 unspecified atom stereocenters. The van der Waals surface area contributed by atoms with Crippen molar-refractivity contribution >= 4 is 11.5 Å². The minimum atomic E-state index is -4.46. The average Bonchev–Trinajstić information content (AvgIpc) is 2.41. The second-order valence-corrected chi connectivity index (χ2v) is 4.85. The molecular weight excluding hydrogens is 283 g/mol. The molecule has 21 heavy (non-hydrogen) atoms. The highest BCUT2D eigenvalue weighted by Crippen LogP contribution is 2.32. The van der Waals surface area contributed by atoms with Crippen molar-refractivity contribution in [1.82, 2.24) is 0 Å². The van der Waals surface area contributed by atoms with Gasteiger partial charge in [0.05, 0.1) is 5.56 Å². The number of nitrogen functional groups attached to an aromatic ring is 1. The summed E-state index contributed by atoms with van der Waals surface area (Å²) < 4.78 is 38.1. The number of unbranched alkanes of at least 4 members (excludes halogenated alkanes) is 2. The number of nitrogens with one attached hydrogen (secondary N) is 1. The number of amidine groups is 1. The molecule has 4 N–H and O–H groups in total. The monoisotopic (exact) mass is 303 g/mol. The van der Waals surface area contributed by atoms with Crippen LogP contribution in [0.1, 0.15) is 30.4 Å². The molecule has 0 aliphatic rings. The summed E-state index contributed by atoms with van der Waals surface area (Å²) in [5.74, 6) is -0.390. The lowest BCUT2D eigenvalue weighted by molar-refractivity contribution is -0.137. The van der Waals surface area contributed by atoms with Crippen LogP contribution in [0.5, 0.6) is 0 Å². The predicted octanol–water partition coefficient (Wildman–Crippen LogP) is 2.59. The maximum atomic E-state index is 12.7. The van der Waals surface area contributed by atoms with Gasteiger partial charge in [-0.2, -0.15) is 13.2 Å². The third-order valence-electron chi connectivity index (χ3n) is 3.18. The van der Waals surface area contributed by atoms with Crippen molar-refractivity contribution < 1.29 is 18.3 Å². The quantitative estimate of drug-likeness (QED) is 0.412. The molecule has 0 saturated heterocycles. The molecule has 118 valence electrons. The molecule has 1 aromatic carbocycles. The van der Waals surface area contributed by atoms with Crippen molar-refractivity contribution in [3.05, 3.63) is 29.3 Å². The van der Waals surface area contributed by atoms with Gasteiger partial charge in [-0.1, -0.05) is 0 Å². The van der Waals surface area contributed by atoms with Crippen LogP contribution in [-0.4, -0.2) is 31.1 Å². The molecular formula is C14H20F3N3O. The van der Waals surface area contributed by atoms with Crippen molar-refractivity contribution in [2.24, 2.45) is 5.73 Å².